The zero-order chi connectivity index (χ0) is 12.0. The Morgan fingerprint density at radius 3 is 2.81 bits per heavy atom. The fraction of sp³-hybridized carbons (Fsp3) is 0.800. The van der Waals surface area contributed by atoms with Gasteiger partial charge in [-0.15, -0.1) is 0 Å². The van der Waals surface area contributed by atoms with Crippen LogP contribution in [-0.4, -0.2) is 47.7 Å². The van der Waals surface area contributed by atoms with Crippen LogP contribution in [-0.2, 0) is 9.53 Å². The lowest BCUT2D eigenvalue weighted by Gasteiger charge is -2.21. The molecule has 0 spiro atoms. The van der Waals surface area contributed by atoms with Crippen LogP contribution in [0, 0.1) is 0 Å². The minimum absolute atomic E-state index is 0.0184. The van der Waals surface area contributed by atoms with Gasteiger partial charge in [0.1, 0.15) is 12.4 Å². The molecule has 0 aliphatic heterocycles. The molecule has 6 heteroatoms. The van der Waals surface area contributed by atoms with Crippen molar-refractivity contribution in [1.82, 2.24) is 4.90 Å². The fourth-order valence-corrected chi connectivity index (χ4v) is 1.45. The summed E-state index contributed by atoms with van der Waals surface area (Å²) in [6.07, 6.45) is 2.47. The summed E-state index contributed by atoms with van der Waals surface area (Å²) < 4.78 is 5.09. The van der Waals surface area contributed by atoms with Crippen LogP contribution in [0.25, 0.3) is 0 Å². The van der Waals surface area contributed by atoms with Crippen LogP contribution in [0.4, 0.5) is 0 Å². The molecule has 92 valence electrons. The van der Waals surface area contributed by atoms with Gasteiger partial charge in [0.15, 0.2) is 0 Å². The lowest BCUT2D eigenvalue weighted by Crippen LogP contribution is -2.38. The summed E-state index contributed by atoms with van der Waals surface area (Å²) in [5.41, 5.74) is 5.37. The van der Waals surface area contributed by atoms with Crippen LogP contribution in [0.2, 0.25) is 0 Å². The number of nitrogens with two attached hydrogens (primary N) is 1. The van der Waals surface area contributed by atoms with Crippen molar-refractivity contribution in [1.29, 1.82) is 0 Å². The van der Waals surface area contributed by atoms with Crippen molar-refractivity contribution in [3.63, 3.8) is 0 Å². The third-order valence-corrected chi connectivity index (χ3v) is 2.47. The third kappa shape index (κ3) is 4.06. The van der Waals surface area contributed by atoms with Gasteiger partial charge in [-0.3, -0.25) is 4.79 Å². The molecular formula is C10H19N3O3. The SMILES string of the molecule is CCOCC(=O)N(CCC(N)=NO)C1CC1. The number of hydrogen-bond acceptors (Lipinski definition) is 4. The number of nitrogens with zero attached hydrogens (tertiary/aromatic N) is 2. The van der Waals surface area contributed by atoms with Crippen LogP contribution in [0.15, 0.2) is 5.16 Å². The summed E-state index contributed by atoms with van der Waals surface area (Å²) in [4.78, 5) is 13.5. The molecule has 1 rings (SSSR count). The molecule has 0 aromatic heterocycles. The molecule has 16 heavy (non-hydrogen) atoms. The Kier molecular flexibility index (Phi) is 5.04. The number of rotatable bonds is 7. The highest BCUT2D eigenvalue weighted by atomic mass is 16.5. The summed E-state index contributed by atoms with van der Waals surface area (Å²) in [7, 11) is 0. The van der Waals surface area contributed by atoms with E-state index in [9.17, 15) is 4.79 Å². The van der Waals surface area contributed by atoms with Crippen molar-refractivity contribution in [3.8, 4) is 0 Å². The largest absolute Gasteiger partial charge is 0.409 e. The van der Waals surface area contributed by atoms with E-state index in [0.717, 1.165) is 12.8 Å². The van der Waals surface area contributed by atoms with Gasteiger partial charge in [0.05, 0.1) is 0 Å². The van der Waals surface area contributed by atoms with Gasteiger partial charge in [-0.05, 0) is 19.8 Å². The van der Waals surface area contributed by atoms with Crippen molar-refractivity contribution < 1.29 is 14.7 Å². The highest BCUT2D eigenvalue weighted by Gasteiger charge is 2.32. The second-order valence-corrected chi connectivity index (χ2v) is 3.80. The zero-order valence-corrected chi connectivity index (χ0v) is 9.56. The molecule has 0 aromatic carbocycles. The molecule has 3 N–H and O–H groups in total. The van der Waals surface area contributed by atoms with E-state index in [0.29, 0.717) is 25.6 Å². The highest BCUT2D eigenvalue weighted by Crippen LogP contribution is 2.26. The first kappa shape index (κ1) is 12.8. The van der Waals surface area contributed by atoms with Crippen molar-refractivity contribution in [2.45, 2.75) is 32.2 Å². The predicted octanol–water partition coefficient (Wildman–Crippen LogP) is 0.150. The topological polar surface area (TPSA) is 88.2 Å². The predicted molar refractivity (Wildman–Crippen MR) is 59.3 cm³/mol. The number of oxime groups is 1. The number of amidine groups is 1. The van der Waals surface area contributed by atoms with E-state index in [-0.39, 0.29) is 18.3 Å². The molecule has 6 nitrogen and oxygen atoms in total. The molecule has 1 fully saturated rings. The summed E-state index contributed by atoms with van der Waals surface area (Å²) in [6.45, 7) is 2.99. The van der Waals surface area contributed by atoms with E-state index in [1.165, 1.54) is 0 Å². The van der Waals surface area contributed by atoms with E-state index in [4.69, 9.17) is 15.7 Å². The van der Waals surface area contributed by atoms with E-state index in [1.807, 2.05) is 6.92 Å². The quantitative estimate of drug-likeness (QED) is 0.281. The molecule has 0 atom stereocenters. The number of amides is 1. The summed E-state index contributed by atoms with van der Waals surface area (Å²) in [6, 6.07) is 0.319. The second-order valence-electron chi connectivity index (χ2n) is 3.80. The van der Waals surface area contributed by atoms with E-state index in [1.54, 1.807) is 4.90 Å². The van der Waals surface area contributed by atoms with Gasteiger partial charge in [0.25, 0.3) is 0 Å². The van der Waals surface area contributed by atoms with E-state index >= 15 is 0 Å². The van der Waals surface area contributed by atoms with Gasteiger partial charge in [0.2, 0.25) is 5.91 Å². The Bertz CT molecular complexity index is 264. The van der Waals surface area contributed by atoms with Crippen LogP contribution in [0.3, 0.4) is 0 Å². The fourth-order valence-electron chi connectivity index (χ4n) is 1.45. The van der Waals surface area contributed by atoms with Crippen LogP contribution in [0.5, 0.6) is 0 Å². The monoisotopic (exact) mass is 229 g/mol. The molecule has 1 aliphatic carbocycles. The third-order valence-electron chi connectivity index (χ3n) is 2.47. The summed E-state index contributed by atoms with van der Waals surface area (Å²) in [5.74, 6) is 0.130. The number of carbonyl (C=O) groups excluding carboxylic acids is 1. The highest BCUT2D eigenvalue weighted by molar-refractivity contribution is 5.82. The average molecular weight is 229 g/mol. The first-order chi connectivity index (χ1) is 7.69. The van der Waals surface area contributed by atoms with E-state index < -0.39 is 0 Å². The minimum atomic E-state index is -0.0184. The molecule has 0 bridgehead atoms. The molecule has 0 saturated heterocycles. The molecule has 1 aliphatic rings. The Balaban J connectivity index is 2.38. The van der Waals surface area contributed by atoms with Crippen molar-refractivity contribution in [2.75, 3.05) is 19.8 Å². The smallest absolute Gasteiger partial charge is 0.248 e. The number of hydrogen-bond donors (Lipinski definition) is 2. The number of carbonyl (C=O) groups is 1. The van der Waals surface area contributed by atoms with Crippen LogP contribution < -0.4 is 5.73 Å². The van der Waals surface area contributed by atoms with Crippen LogP contribution in [0.1, 0.15) is 26.2 Å². The normalized spacial score (nSPS) is 16.2. The standard InChI is InChI=1S/C10H19N3O3/c1-2-16-7-10(14)13(8-3-4-8)6-5-9(11)12-15/h8,15H,2-7H2,1H3,(H2,11,12). The Morgan fingerprint density at radius 2 is 2.31 bits per heavy atom. The van der Waals surface area contributed by atoms with Crippen molar-refractivity contribution in [3.05, 3.63) is 0 Å². The van der Waals surface area contributed by atoms with Gasteiger partial charge in [-0.1, -0.05) is 5.16 Å². The lowest BCUT2D eigenvalue weighted by molar-refractivity contribution is -0.136. The Hall–Kier alpha value is -1.30. The van der Waals surface area contributed by atoms with Crippen molar-refractivity contribution >= 4 is 11.7 Å². The molecule has 0 unspecified atom stereocenters. The second kappa shape index (κ2) is 6.32. The maximum atomic E-state index is 11.7. The molecular weight excluding hydrogens is 210 g/mol. The minimum Gasteiger partial charge on any atom is -0.409 e. The molecule has 0 aromatic rings. The van der Waals surface area contributed by atoms with Gasteiger partial charge in [-0.25, -0.2) is 0 Å². The molecule has 0 heterocycles. The zero-order valence-electron chi connectivity index (χ0n) is 9.56. The van der Waals surface area contributed by atoms with Gasteiger partial charge in [0, 0.05) is 25.6 Å². The van der Waals surface area contributed by atoms with E-state index in [2.05, 4.69) is 5.16 Å². The average Bonchev–Trinajstić information content (AvgIpc) is 3.10. The van der Waals surface area contributed by atoms with Gasteiger partial charge in [-0.2, -0.15) is 0 Å². The van der Waals surface area contributed by atoms with Crippen LogP contribution >= 0.6 is 0 Å². The maximum absolute atomic E-state index is 11.7. The van der Waals surface area contributed by atoms with Crippen molar-refractivity contribution in [2.24, 2.45) is 10.9 Å². The summed E-state index contributed by atoms with van der Waals surface area (Å²) in [5, 5.41) is 11.3. The Labute approximate surface area is 95.0 Å². The molecule has 0 radical (unpaired) electrons. The van der Waals surface area contributed by atoms with Gasteiger partial charge < -0.3 is 20.6 Å². The first-order valence-electron chi connectivity index (χ1n) is 5.52. The maximum Gasteiger partial charge on any atom is 0.248 e. The summed E-state index contributed by atoms with van der Waals surface area (Å²) >= 11 is 0. The number of ether oxygens (including phenoxy) is 1. The molecule has 1 saturated carbocycles. The first-order valence-corrected chi connectivity index (χ1v) is 5.52. The van der Waals surface area contributed by atoms with Gasteiger partial charge >= 0.3 is 0 Å². The molecule has 1 amide bonds. The Morgan fingerprint density at radius 1 is 1.62 bits per heavy atom. The lowest BCUT2D eigenvalue weighted by atomic mass is 10.3.